The van der Waals surface area contributed by atoms with E-state index >= 15 is 0 Å². The zero-order valence-electron chi connectivity index (χ0n) is 9.70. The van der Waals surface area contributed by atoms with Crippen LogP contribution >= 0.6 is 0 Å². The van der Waals surface area contributed by atoms with Crippen LogP contribution < -0.4 is 4.90 Å². The van der Waals surface area contributed by atoms with Crippen molar-refractivity contribution in [2.24, 2.45) is 5.92 Å². The molecule has 0 aromatic carbocycles. The molecule has 0 aliphatic heterocycles. The van der Waals surface area contributed by atoms with Gasteiger partial charge in [-0.25, -0.2) is 9.97 Å². The summed E-state index contributed by atoms with van der Waals surface area (Å²) in [5, 5.41) is 0. The molecular weight excluding hydrogens is 231 g/mol. The van der Waals surface area contributed by atoms with E-state index in [1.165, 1.54) is 6.20 Å². The fraction of sp³-hybridized carbons (Fsp3) is 0.636. The minimum Gasteiger partial charge on any atom is -0.355 e. The Labute approximate surface area is 97.7 Å². The van der Waals surface area contributed by atoms with Gasteiger partial charge in [-0.1, -0.05) is 6.92 Å². The van der Waals surface area contributed by atoms with Crippen LogP contribution in [0.5, 0.6) is 0 Å². The SMILES string of the molecule is CC1CC(N(C)c2cnc(C(F)(F)F)cn2)C1. The lowest BCUT2D eigenvalue weighted by Gasteiger charge is -2.40. The lowest BCUT2D eigenvalue weighted by molar-refractivity contribution is -0.141. The van der Waals surface area contributed by atoms with E-state index in [-0.39, 0.29) is 0 Å². The zero-order chi connectivity index (χ0) is 12.6. The number of hydrogen-bond acceptors (Lipinski definition) is 3. The van der Waals surface area contributed by atoms with Gasteiger partial charge in [0.2, 0.25) is 0 Å². The number of halogens is 3. The summed E-state index contributed by atoms with van der Waals surface area (Å²) in [6.45, 7) is 2.16. The highest BCUT2D eigenvalue weighted by atomic mass is 19.4. The molecule has 1 aliphatic rings. The van der Waals surface area contributed by atoms with Gasteiger partial charge in [0, 0.05) is 13.1 Å². The first-order valence-electron chi connectivity index (χ1n) is 5.50. The van der Waals surface area contributed by atoms with Crippen molar-refractivity contribution in [3.05, 3.63) is 18.1 Å². The molecule has 1 aromatic heterocycles. The van der Waals surface area contributed by atoms with Gasteiger partial charge in [-0.05, 0) is 18.8 Å². The predicted molar refractivity (Wildman–Crippen MR) is 57.6 cm³/mol. The summed E-state index contributed by atoms with van der Waals surface area (Å²) in [4.78, 5) is 9.11. The molecule has 0 saturated heterocycles. The fourth-order valence-electron chi connectivity index (χ4n) is 2.01. The van der Waals surface area contributed by atoms with Gasteiger partial charge in [0.15, 0.2) is 5.69 Å². The molecule has 1 heterocycles. The maximum Gasteiger partial charge on any atom is 0.434 e. The van der Waals surface area contributed by atoms with Crippen LogP contribution in [0, 0.1) is 5.92 Å². The second-order valence-corrected chi connectivity index (χ2v) is 4.60. The van der Waals surface area contributed by atoms with Gasteiger partial charge in [0.1, 0.15) is 5.82 Å². The molecule has 0 atom stereocenters. The van der Waals surface area contributed by atoms with Crippen molar-refractivity contribution in [3.63, 3.8) is 0 Å². The molecule has 6 heteroatoms. The van der Waals surface area contributed by atoms with Gasteiger partial charge >= 0.3 is 6.18 Å². The summed E-state index contributed by atoms with van der Waals surface area (Å²) >= 11 is 0. The average Bonchev–Trinajstić information content (AvgIpc) is 2.23. The fourth-order valence-corrected chi connectivity index (χ4v) is 2.01. The Kier molecular flexibility index (Phi) is 2.97. The molecule has 0 bridgehead atoms. The highest BCUT2D eigenvalue weighted by molar-refractivity contribution is 5.37. The van der Waals surface area contributed by atoms with Crippen LogP contribution in [0.25, 0.3) is 0 Å². The van der Waals surface area contributed by atoms with Gasteiger partial charge in [0.05, 0.1) is 12.4 Å². The number of rotatable bonds is 2. The third-order valence-electron chi connectivity index (χ3n) is 3.19. The van der Waals surface area contributed by atoms with Crippen molar-refractivity contribution in [1.29, 1.82) is 0 Å². The van der Waals surface area contributed by atoms with Crippen molar-refractivity contribution < 1.29 is 13.2 Å². The molecule has 94 valence electrons. The maximum atomic E-state index is 12.3. The standard InChI is InChI=1S/C11H14F3N3/c1-7-3-8(4-7)17(2)10-6-15-9(5-16-10)11(12,13)14/h5-8H,3-4H2,1-2H3. The lowest BCUT2D eigenvalue weighted by atomic mass is 9.81. The molecule has 1 aliphatic carbocycles. The van der Waals surface area contributed by atoms with E-state index in [2.05, 4.69) is 16.9 Å². The molecule has 2 rings (SSSR count). The first-order valence-corrected chi connectivity index (χ1v) is 5.50. The van der Waals surface area contributed by atoms with Crippen LogP contribution in [-0.4, -0.2) is 23.1 Å². The molecule has 3 nitrogen and oxygen atoms in total. The molecule has 1 saturated carbocycles. The first-order chi connectivity index (χ1) is 7.88. The van der Waals surface area contributed by atoms with Gasteiger partial charge in [-0.15, -0.1) is 0 Å². The van der Waals surface area contributed by atoms with Gasteiger partial charge in [-0.3, -0.25) is 0 Å². The summed E-state index contributed by atoms with van der Waals surface area (Å²) < 4.78 is 36.9. The molecule has 0 radical (unpaired) electrons. The number of hydrogen-bond donors (Lipinski definition) is 0. The largest absolute Gasteiger partial charge is 0.434 e. The van der Waals surface area contributed by atoms with Gasteiger partial charge in [0.25, 0.3) is 0 Å². The lowest BCUT2D eigenvalue weighted by Crippen LogP contribution is -2.42. The molecule has 17 heavy (non-hydrogen) atoms. The van der Waals surface area contributed by atoms with E-state index in [1.807, 2.05) is 11.9 Å². The third-order valence-corrected chi connectivity index (χ3v) is 3.19. The normalized spacial score (nSPS) is 24.3. The smallest absolute Gasteiger partial charge is 0.355 e. The average molecular weight is 245 g/mol. The van der Waals surface area contributed by atoms with Gasteiger partial charge < -0.3 is 4.90 Å². The van der Waals surface area contributed by atoms with Crippen LogP contribution in [0.15, 0.2) is 12.4 Å². The Morgan fingerprint density at radius 1 is 1.24 bits per heavy atom. The van der Waals surface area contributed by atoms with E-state index in [9.17, 15) is 13.2 Å². The molecule has 0 N–H and O–H groups in total. The number of alkyl halides is 3. The van der Waals surface area contributed by atoms with Crippen molar-refractivity contribution in [3.8, 4) is 0 Å². The summed E-state index contributed by atoms with van der Waals surface area (Å²) in [5.41, 5.74) is -0.948. The van der Waals surface area contributed by atoms with E-state index in [0.717, 1.165) is 19.0 Å². The van der Waals surface area contributed by atoms with E-state index in [4.69, 9.17) is 0 Å². The third kappa shape index (κ3) is 2.50. The van der Waals surface area contributed by atoms with E-state index in [1.54, 1.807) is 0 Å². The van der Waals surface area contributed by atoms with Crippen molar-refractivity contribution in [2.75, 3.05) is 11.9 Å². The highest BCUT2D eigenvalue weighted by Gasteiger charge is 2.34. The monoisotopic (exact) mass is 245 g/mol. The highest BCUT2D eigenvalue weighted by Crippen LogP contribution is 2.33. The number of aromatic nitrogens is 2. The molecule has 1 fully saturated rings. The number of anilines is 1. The maximum absolute atomic E-state index is 12.3. The van der Waals surface area contributed by atoms with Gasteiger partial charge in [-0.2, -0.15) is 13.2 Å². The summed E-state index contributed by atoms with van der Waals surface area (Å²) in [5.74, 6) is 1.18. The summed E-state index contributed by atoms with van der Waals surface area (Å²) in [7, 11) is 1.84. The summed E-state index contributed by atoms with van der Waals surface area (Å²) in [6, 6.07) is 0.371. The Bertz CT molecular complexity index is 382. The second kappa shape index (κ2) is 4.16. The van der Waals surface area contributed by atoms with Crippen LogP contribution in [0.4, 0.5) is 19.0 Å². The molecule has 0 unspecified atom stereocenters. The van der Waals surface area contributed by atoms with Crippen LogP contribution in [0.1, 0.15) is 25.5 Å². The Hall–Kier alpha value is -1.33. The van der Waals surface area contributed by atoms with Crippen LogP contribution in [0.2, 0.25) is 0 Å². The minimum atomic E-state index is -4.42. The first kappa shape index (κ1) is 12.1. The molecule has 0 spiro atoms. The molecule has 1 aromatic rings. The van der Waals surface area contributed by atoms with E-state index in [0.29, 0.717) is 17.8 Å². The summed E-state index contributed by atoms with van der Waals surface area (Å²) in [6.07, 6.45) is -0.340. The van der Waals surface area contributed by atoms with Crippen molar-refractivity contribution in [2.45, 2.75) is 32.0 Å². The van der Waals surface area contributed by atoms with Crippen LogP contribution in [-0.2, 0) is 6.18 Å². The quantitative estimate of drug-likeness (QED) is 0.802. The van der Waals surface area contributed by atoms with E-state index < -0.39 is 11.9 Å². The molecular formula is C11H14F3N3. The minimum absolute atomic E-state index is 0.371. The second-order valence-electron chi connectivity index (χ2n) is 4.60. The van der Waals surface area contributed by atoms with Crippen molar-refractivity contribution >= 4 is 5.82 Å². The van der Waals surface area contributed by atoms with Crippen LogP contribution in [0.3, 0.4) is 0 Å². The Balaban J connectivity index is 2.07. The van der Waals surface area contributed by atoms with Crippen molar-refractivity contribution in [1.82, 2.24) is 9.97 Å². The predicted octanol–water partition coefficient (Wildman–Crippen LogP) is 2.73. The molecule has 0 amide bonds. The Morgan fingerprint density at radius 2 is 1.88 bits per heavy atom. The Morgan fingerprint density at radius 3 is 2.29 bits per heavy atom. The topological polar surface area (TPSA) is 29.0 Å². The number of nitrogens with zero attached hydrogens (tertiary/aromatic N) is 3. The zero-order valence-corrected chi connectivity index (χ0v) is 9.70.